The van der Waals surface area contributed by atoms with E-state index in [1.807, 2.05) is 109 Å². The molecule has 0 spiro atoms. The maximum atomic E-state index is 5.92. The molecule has 8 nitrogen and oxygen atoms in total. The Kier molecular flexibility index (Phi) is 9.53. The number of nitrogens with zero attached hydrogens (tertiary/aromatic N) is 6. The van der Waals surface area contributed by atoms with Gasteiger partial charge in [-0.15, -0.1) is 0 Å². The first-order valence-corrected chi connectivity index (χ1v) is 24.8. The second kappa shape index (κ2) is 16.9. The van der Waals surface area contributed by atoms with Gasteiger partial charge in [0.1, 0.15) is 23.7 Å². The minimum Gasteiger partial charge on any atom is -0.464 e. The van der Waals surface area contributed by atoms with Crippen LogP contribution in [0.25, 0.3) is 113 Å². The largest absolute Gasteiger partial charge is 0.464 e. The topological polar surface area (TPSA) is 104 Å². The molecule has 0 aliphatic heterocycles. The highest BCUT2D eigenvalue weighted by molar-refractivity contribution is 5.93. The lowest BCUT2D eigenvalue weighted by atomic mass is 9.60. The van der Waals surface area contributed by atoms with Crippen LogP contribution in [0.4, 0.5) is 0 Å². The maximum absolute atomic E-state index is 5.92. The van der Waals surface area contributed by atoms with Crippen LogP contribution in [0.5, 0.6) is 0 Å². The van der Waals surface area contributed by atoms with Gasteiger partial charge in [0.05, 0.1) is 11.1 Å². The number of hydrogen-bond acceptors (Lipinski definition) is 8. The molecule has 0 saturated carbocycles. The van der Waals surface area contributed by atoms with Crippen molar-refractivity contribution in [2.45, 2.75) is 11.8 Å². The van der Waals surface area contributed by atoms with E-state index in [9.17, 15) is 0 Å². The van der Waals surface area contributed by atoms with Gasteiger partial charge in [-0.2, -0.15) is 0 Å². The smallest absolute Gasteiger partial charge is 0.167 e. The molecule has 3 aliphatic carbocycles. The Morgan fingerprint density at radius 2 is 0.554 bits per heavy atom. The van der Waals surface area contributed by atoms with Crippen LogP contribution in [-0.4, -0.2) is 29.9 Å². The summed E-state index contributed by atoms with van der Waals surface area (Å²) in [5.74, 6) is 3.79. The van der Waals surface area contributed by atoms with E-state index in [2.05, 4.69) is 109 Å². The number of hydrogen-bond donors (Lipinski definition) is 0. The number of furan rings is 2. The third-order valence-electron chi connectivity index (χ3n) is 14.8. The average Bonchev–Trinajstić information content (AvgIpc) is 4.17. The summed E-state index contributed by atoms with van der Waals surface area (Å²) in [5, 5.41) is 1.92. The van der Waals surface area contributed by atoms with Crippen molar-refractivity contribution < 1.29 is 8.83 Å². The van der Waals surface area contributed by atoms with Crippen molar-refractivity contribution in [3.63, 3.8) is 0 Å². The predicted octanol–water partition coefficient (Wildman–Crippen LogP) is 15.9. The summed E-state index contributed by atoms with van der Waals surface area (Å²) in [5.41, 5.74) is 19.7. The van der Waals surface area contributed by atoms with Gasteiger partial charge in [-0.1, -0.05) is 194 Å². The quantitative estimate of drug-likeness (QED) is 0.148. The summed E-state index contributed by atoms with van der Waals surface area (Å²) < 4.78 is 11.8. The first-order chi connectivity index (χ1) is 36.6. The molecule has 2 bridgehead atoms. The summed E-state index contributed by atoms with van der Waals surface area (Å²) in [4.78, 5) is 30.0. The fraction of sp³-hybridized carbons (Fsp3) is 0.0303. The monoisotopic (exact) mass is 948 g/mol. The molecule has 13 aromatic rings. The van der Waals surface area contributed by atoms with E-state index in [4.69, 9.17) is 38.7 Å². The summed E-state index contributed by atoms with van der Waals surface area (Å²) in [6, 6.07) is 76.3. The van der Waals surface area contributed by atoms with Crippen LogP contribution in [0.15, 0.2) is 240 Å². The number of rotatable bonds is 8. The highest BCUT2D eigenvalue weighted by Gasteiger charge is 2.41. The highest BCUT2D eigenvalue weighted by atomic mass is 16.3. The van der Waals surface area contributed by atoms with Crippen molar-refractivity contribution in [3.8, 4) is 90.6 Å². The molecule has 2 unspecified atom stereocenters. The molecule has 0 amide bonds. The lowest BCUT2D eigenvalue weighted by Gasteiger charge is -2.42. The SMILES string of the molecule is c1ccc(-c2nc(-c3ccc(-c4ccc5c(c4)C4c6ccccc6C5c5cc(-c6ccc(-c7nc(-c8ccccc8)nc(-c8coc9ccccc89)n7)cc6)ccc54)cc3)nc(-c3coc4ccccc34)n2)cc1. The van der Waals surface area contributed by atoms with Gasteiger partial charge in [-0.3, -0.25) is 0 Å². The lowest BCUT2D eigenvalue weighted by molar-refractivity contribution is 0.616. The molecule has 0 saturated heterocycles. The van der Waals surface area contributed by atoms with Crippen LogP contribution < -0.4 is 0 Å². The molecular weight excluding hydrogens is 909 g/mol. The Bertz CT molecular complexity index is 4040. The molecule has 346 valence electrons. The zero-order valence-electron chi connectivity index (χ0n) is 39.6. The Labute approximate surface area is 425 Å². The molecule has 0 fully saturated rings. The fourth-order valence-corrected chi connectivity index (χ4v) is 11.2. The van der Waals surface area contributed by atoms with E-state index in [-0.39, 0.29) is 11.8 Å². The van der Waals surface area contributed by atoms with Crippen molar-refractivity contribution in [1.82, 2.24) is 29.9 Å². The second-order valence-corrected chi connectivity index (χ2v) is 19.0. The van der Waals surface area contributed by atoms with Crippen molar-refractivity contribution in [2.24, 2.45) is 0 Å². The molecule has 3 aliphatic rings. The van der Waals surface area contributed by atoms with Crippen molar-refractivity contribution in [1.29, 1.82) is 0 Å². The minimum absolute atomic E-state index is 0.111. The van der Waals surface area contributed by atoms with Crippen LogP contribution in [0.3, 0.4) is 0 Å². The molecular formula is C66H40N6O2. The normalized spacial score (nSPS) is 14.2. The first-order valence-electron chi connectivity index (χ1n) is 24.8. The molecule has 2 atom stereocenters. The van der Waals surface area contributed by atoms with Crippen LogP contribution in [-0.2, 0) is 0 Å². The fourth-order valence-electron chi connectivity index (χ4n) is 11.2. The highest BCUT2D eigenvalue weighted by Crippen LogP contribution is 2.57. The van der Waals surface area contributed by atoms with E-state index >= 15 is 0 Å². The Morgan fingerprint density at radius 1 is 0.243 bits per heavy atom. The molecule has 16 rings (SSSR count). The molecule has 4 heterocycles. The molecule has 0 N–H and O–H groups in total. The second-order valence-electron chi connectivity index (χ2n) is 19.0. The number of aromatic nitrogens is 6. The molecule has 0 radical (unpaired) electrons. The Morgan fingerprint density at radius 3 is 0.973 bits per heavy atom. The van der Waals surface area contributed by atoms with Gasteiger partial charge in [-0.05, 0) is 79.9 Å². The molecule has 4 aromatic heterocycles. The van der Waals surface area contributed by atoms with Crippen molar-refractivity contribution >= 4 is 21.9 Å². The Balaban J connectivity index is 0.753. The van der Waals surface area contributed by atoms with E-state index in [1.165, 1.54) is 44.5 Å². The van der Waals surface area contributed by atoms with E-state index < -0.39 is 0 Å². The van der Waals surface area contributed by atoms with Gasteiger partial charge in [0.15, 0.2) is 34.9 Å². The van der Waals surface area contributed by atoms with E-state index in [1.54, 1.807) is 12.5 Å². The average molecular weight is 949 g/mol. The number of para-hydroxylation sites is 2. The first kappa shape index (κ1) is 41.8. The van der Waals surface area contributed by atoms with Crippen LogP contribution >= 0.6 is 0 Å². The van der Waals surface area contributed by atoms with E-state index in [0.29, 0.717) is 34.9 Å². The van der Waals surface area contributed by atoms with Crippen LogP contribution in [0.1, 0.15) is 45.2 Å². The minimum atomic E-state index is 0.111. The predicted molar refractivity (Wildman–Crippen MR) is 291 cm³/mol. The lowest BCUT2D eigenvalue weighted by Crippen LogP contribution is -2.27. The van der Waals surface area contributed by atoms with Crippen molar-refractivity contribution in [3.05, 3.63) is 264 Å². The van der Waals surface area contributed by atoms with Gasteiger partial charge in [0.25, 0.3) is 0 Å². The number of benzene rings is 9. The summed E-state index contributed by atoms with van der Waals surface area (Å²) in [6.07, 6.45) is 3.47. The zero-order valence-corrected chi connectivity index (χ0v) is 39.6. The van der Waals surface area contributed by atoms with Crippen LogP contribution in [0.2, 0.25) is 0 Å². The van der Waals surface area contributed by atoms with Crippen molar-refractivity contribution in [2.75, 3.05) is 0 Å². The summed E-state index contributed by atoms with van der Waals surface area (Å²) in [6.45, 7) is 0. The summed E-state index contributed by atoms with van der Waals surface area (Å²) >= 11 is 0. The molecule has 9 aromatic carbocycles. The van der Waals surface area contributed by atoms with E-state index in [0.717, 1.165) is 66.4 Å². The number of fused-ring (bicyclic) bond motifs is 2. The van der Waals surface area contributed by atoms with Gasteiger partial charge in [0.2, 0.25) is 0 Å². The zero-order chi connectivity index (χ0) is 48.7. The van der Waals surface area contributed by atoms with Gasteiger partial charge < -0.3 is 8.83 Å². The molecule has 74 heavy (non-hydrogen) atoms. The standard InChI is InChI=1S/C66H40N6O2/c1-3-13-41(14-4-1)61-67-63(71-65(69-61)55-37-73-57-21-11-9-17-47(55)57)43-27-23-39(24-28-43)45-31-33-51-53(35-45)59-49-19-7-8-20-50(49)60(51)54-36-46(32-34-52(54)59)40-25-29-44(30-26-40)64-68-62(42-15-5-2-6-16-42)70-66(72-64)56-38-74-58-22-12-10-18-48(56)58/h1-38,59-60H. The summed E-state index contributed by atoms with van der Waals surface area (Å²) in [7, 11) is 0. The van der Waals surface area contributed by atoms with Crippen LogP contribution in [0, 0.1) is 0 Å². The maximum Gasteiger partial charge on any atom is 0.167 e. The molecule has 8 heteroatoms. The third-order valence-corrected chi connectivity index (χ3v) is 14.8. The van der Waals surface area contributed by atoms with Gasteiger partial charge in [0, 0.05) is 44.9 Å². The third kappa shape index (κ3) is 6.91. The van der Waals surface area contributed by atoms with Gasteiger partial charge >= 0.3 is 0 Å². The Hall–Kier alpha value is -9.92. The van der Waals surface area contributed by atoms with Gasteiger partial charge in [-0.25, -0.2) is 29.9 Å².